The number of allylic oxidation sites excluding steroid dienone is 1. The molecule has 0 fully saturated rings. The number of rotatable bonds is 3. The molecule has 1 nitrogen and oxygen atoms in total. The van der Waals surface area contributed by atoms with Gasteiger partial charge < -0.3 is 0 Å². The Morgan fingerprint density at radius 1 is 0.944 bits per heavy atom. The summed E-state index contributed by atoms with van der Waals surface area (Å²) in [7, 11) is 0. The summed E-state index contributed by atoms with van der Waals surface area (Å²) in [5.74, 6) is -0.0968. The highest BCUT2D eigenvalue weighted by Gasteiger charge is 2.06. The molecule has 2 rings (SSSR count). The molecule has 0 aliphatic carbocycles. The number of nitriles is 1. The molecule has 0 amide bonds. The van der Waals surface area contributed by atoms with Gasteiger partial charge in [0.25, 0.3) is 0 Å². The zero-order valence-electron chi connectivity index (χ0n) is 10.4. The van der Waals surface area contributed by atoms with Crippen molar-refractivity contribution in [3.05, 3.63) is 77.9 Å². The first-order valence-electron chi connectivity index (χ1n) is 6.03. The maximum absolute atomic E-state index is 8.98. The average Bonchev–Trinajstić information content (AvgIpc) is 2.46. The minimum Gasteiger partial charge on any atom is -0.198 e. The molecule has 0 heterocycles. The van der Waals surface area contributed by atoms with E-state index in [1.807, 2.05) is 49.4 Å². The Bertz CT molecular complexity index is 520. The van der Waals surface area contributed by atoms with Gasteiger partial charge >= 0.3 is 0 Å². The van der Waals surface area contributed by atoms with Gasteiger partial charge in [-0.1, -0.05) is 66.7 Å². The van der Waals surface area contributed by atoms with E-state index in [9.17, 15) is 0 Å². The quantitative estimate of drug-likeness (QED) is 0.776. The molecular weight excluding hydrogens is 218 g/mol. The molecule has 1 atom stereocenters. The first kappa shape index (κ1) is 12.1. The Kier molecular flexibility index (Phi) is 3.94. The van der Waals surface area contributed by atoms with E-state index in [-0.39, 0.29) is 5.92 Å². The van der Waals surface area contributed by atoms with Gasteiger partial charge in [0.15, 0.2) is 0 Å². The van der Waals surface area contributed by atoms with Crippen LogP contribution in [0.1, 0.15) is 18.1 Å². The van der Waals surface area contributed by atoms with E-state index in [0.29, 0.717) is 0 Å². The standard InChI is InChI=1S/C17H15N/c1-14(13-18)12-17(15-8-4-2-5-9-15)16-10-6-3-7-11-16/h2-12,14H,1H3. The largest absolute Gasteiger partial charge is 0.198 e. The van der Waals surface area contributed by atoms with Gasteiger partial charge in [0.05, 0.1) is 12.0 Å². The third-order valence-corrected chi connectivity index (χ3v) is 2.79. The summed E-state index contributed by atoms with van der Waals surface area (Å²) in [5, 5.41) is 8.98. The van der Waals surface area contributed by atoms with Crippen LogP contribution in [0.5, 0.6) is 0 Å². The van der Waals surface area contributed by atoms with Gasteiger partial charge in [0.2, 0.25) is 0 Å². The van der Waals surface area contributed by atoms with Crippen molar-refractivity contribution in [1.82, 2.24) is 0 Å². The Labute approximate surface area is 108 Å². The van der Waals surface area contributed by atoms with Crippen molar-refractivity contribution >= 4 is 5.57 Å². The van der Waals surface area contributed by atoms with Gasteiger partial charge in [-0.3, -0.25) is 0 Å². The molecule has 0 aliphatic heterocycles. The Balaban J connectivity index is 2.50. The predicted molar refractivity (Wildman–Crippen MR) is 74.7 cm³/mol. The summed E-state index contributed by atoms with van der Waals surface area (Å²) in [5.41, 5.74) is 3.40. The van der Waals surface area contributed by atoms with Crippen molar-refractivity contribution in [2.45, 2.75) is 6.92 Å². The second kappa shape index (κ2) is 5.84. The lowest BCUT2D eigenvalue weighted by Gasteiger charge is -2.09. The van der Waals surface area contributed by atoms with Crippen LogP contribution in [0, 0.1) is 17.2 Å². The maximum Gasteiger partial charge on any atom is 0.0694 e. The number of nitrogens with zero attached hydrogens (tertiary/aromatic N) is 1. The lowest BCUT2D eigenvalue weighted by Crippen LogP contribution is -1.92. The fraction of sp³-hybridized carbons (Fsp3) is 0.118. The second-order valence-corrected chi connectivity index (χ2v) is 4.23. The van der Waals surface area contributed by atoms with E-state index >= 15 is 0 Å². The van der Waals surface area contributed by atoms with Gasteiger partial charge in [-0.05, 0) is 23.6 Å². The van der Waals surface area contributed by atoms with Crippen LogP contribution in [0.4, 0.5) is 0 Å². The summed E-state index contributed by atoms with van der Waals surface area (Å²) in [4.78, 5) is 0. The van der Waals surface area contributed by atoms with Crippen molar-refractivity contribution in [2.24, 2.45) is 5.92 Å². The third-order valence-electron chi connectivity index (χ3n) is 2.79. The number of hydrogen-bond donors (Lipinski definition) is 0. The van der Waals surface area contributed by atoms with E-state index < -0.39 is 0 Å². The fourth-order valence-corrected chi connectivity index (χ4v) is 1.88. The highest BCUT2D eigenvalue weighted by Crippen LogP contribution is 2.24. The maximum atomic E-state index is 8.98. The average molecular weight is 233 g/mol. The molecule has 0 radical (unpaired) electrons. The first-order valence-corrected chi connectivity index (χ1v) is 6.03. The highest BCUT2D eigenvalue weighted by atomic mass is 14.2. The van der Waals surface area contributed by atoms with Gasteiger partial charge in [-0.2, -0.15) is 5.26 Å². The molecular formula is C17H15N. The molecule has 2 aromatic rings. The zero-order chi connectivity index (χ0) is 12.8. The van der Waals surface area contributed by atoms with Crippen LogP contribution in [0.2, 0.25) is 0 Å². The van der Waals surface area contributed by atoms with Crippen molar-refractivity contribution in [3.8, 4) is 6.07 Å². The van der Waals surface area contributed by atoms with Crippen LogP contribution in [-0.4, -0.2) is 0 Å². The minimum atomic E-state index is -0.0968. The highest BCUT2D eigenvalue weighted by molar-refractivity contribution is 5.80. The van der Waals surface area contributed by atoms with Crippen LogP contribution in [0.25, 0.3) is 5.57 Å². The molecule has 0 saturated carbocycles. The SMILES string of the molecule is CC(C#N)C=C(c1ccccc1)c1ccccc1. The summed E-state index contributed by atoms with van der Waals surface area (Å²) >= 11 is 0. The number of benzene rings is 2. The lowest BCUT2D eigenvalue weighted by molar-refractivity contribution is 0.958. The first-order chi connectivity index (χ1) is 8.81. The molecule has 0 bridgehead atoms. The van der Waals surface area contributed by atoms with Crippen molar-refractivity contribution in [2.75, 3.05) is 0 Å². The van der Waals surface area contributed by atoms with Crippen molar-refractivity contribution in [3.63, 3.8) is 0 Å². The molecule has 1 unspecified atom stereocenters. The summed E-state index contributed by atoms with van der Waals surface area (Å²) in [6.07, 6.45) is 2.02. The summed E-state index contributed by atoms with van der Waals surface area (Å²) in [6.45, 7) is 1.91. The molecule has 2 aromatic carbocycles. The zero-order valence-corrected chi connectivity index (χ0v) is 10.4. The molecule has 0 N–H and O–H groups in total. The minimum absolute atomic E-state index is 0.0968. The van der Waals surface area contributed by atoms with E-state index in [1.165, 1.54) is 0 Å². The molecule has 0 saturated heterocycles. The molecule has 88 valence electrons. The van der Waals surface area contributed by atoms with Gasteiger partial charge in [-0.25, -0.2) is 0 Å². The molecule has 0 aromatic heterocycles. The van der Waals surface area contributed by atoms with E-state index in [4.69, 9.17) is 5.26 Å². The molecule has 18 heavy (non-hydrogen) atoms. The number of hydrogen-bond acceptors (Lipinski definition) is 1. The monoisotopic (exact) mass is 233 g/mol. The van der Waals surface area contributed by atoms with Gasteiger partial charge in [0, 0.05) is 0 Å². The van der Waals surface area contributed by atoms with Crippen LogP contribution in [0.3, 0.4) is 0 Å². The van der Waals surface area contributed by atoms with Crippen LogP contribution in [-0.2, 0) is 0 Å². The second-order valence-electron chi connectivity index (χ2n) is 4.23. The predicted octanol–water partition coefficient (Wildman–Crippen LogP) is 4.28. The van der Waals surface area contributed by atoms with Gasteiger partial charge in [-0.15, -0.1) is 0 Å². The Hall–Kier alpha value is -2.33. The Morgan fingerprint density at radius 3 is 1.78 bits per heavy atom. The molecule has 0 aliphatic rings. The van der Waals surface area contributed by atoms with E-state index in [0.717, 1.165) is 16.7 Å². The van der Waals surface area contributed by atoms with Crippen LogP contribution in [0.15, 0.2) is 66.7 Å². The topological polar surface area (TPSA) is 23.8 Å². The van der Waals surface area contributed by atoms with Gasteiger partial charge in [0.1, 0.15) is 0 Å². The molecule has 1 heteroatoms. The molecule has 0 spiro atoms. The van der Waals surface area contributed by atoms with E-state index in [1.54, 1.807) is 0 Å². The van der Waals surface area contributed by atoms with Crippen LogP contribution >= 0.6 is 0 Å². The fourth-order valence-electron chi connectivity index (χ4n) is 1.88. The summed E-state index contributed by atoms with van der Waals surface area (Å²) < 4.78 is 0. The Morgan fingerprint density at radius 2 is 1.39 bits per heavy atom. The van der Waals surface area contributed by atoms with Crippen molar-refractivity contribution in [1.29, 1.82) is 5.26 Å². The smallest absolute Gasteiger partial charge is 0.0694 e. The normalized spacial score (nSPS) is 11.3. The third kappa shape index (κ3) is 2.87. The summed E-state index contributed by atoms with van der Waals surface area (Å²) in [6, 6.07) is 22.6. The van der Waals surface area contributed by atoms with E-state index in [2.05, 4.69) is 30.3 Å². The van der Waals surface area contributed by atoms with Crippen molar-refractivity contribution < 1.29 is 0 Å². The lowest BCUT2D eigenvalue weighted by atomic mass is 9.95. The van der Waals surface area contributed by atoms with Crippen LogP contribution < -0.4 is 0 Å².